The highest BCUT2D eigenvalue weighted by molar-refractivity contribution is 5.72. The summed E-state index contributed by atoms with van der Waals surface area (Å²) in [6.07, 6.45) is 1.60. The Morgan fingerprint density at radius 1 is 1.77 bits per heavy atom. The van der Waals surface area contributed by atoms with E-state index < -0.39 is 0 Å². The van der Waals surface area contributed by atoms with Crippen LogP contribution in [0.2, 0.25) is 0 Å². The van der Waals surface area contributed by atoms with Gasteiger partial charge in [-0.15, -0.1) is 0 Å². The molecule has 1 aromatic rings. The second-order valence-electron chi connectivity index (χ2n) is 2.89. The maximum atomic E-state index is 10.7. The molecular weight excluding hydrogens is 168 g/mol. The molecule has 4 nitrogen and oxygen atoms in total. The summed E-state index contributed by atoms with van der Waals surface area (Å²) in [5.41, 5.74) is 5.54. The van der Waals surface area contributed by atoms with Gasteiger partial charge in [0.05, 0.1) is 6.26 Å². The largest absolute Gasteiger partial charge is 0.469 e. The first-order chi connectivity index (χ1) is 6.24. The summed E-state index contributed by atoms with van der Waals surface area (Å²) in [5, 5.41) is 2.71. The molecule has 0 aliphatic rings. The first-order valence-electron chi connectivity index (χ1n) is 4.22. The fraction of sp³-hybridized carbons (Fsp3) is 0.444. The van der Waals surface area contributed by atoms with Crippen molar-refractivity contribution >= 4 is 5.91 Å². The van der Waals surface area contributed by atoms with Crippen molar-refractivity contribution in [3.8, 4) is 0 Å². The minimum absolute atomic E-state index is 0.0509. The summed E-state index contributed by atoms with van der Waals surface area (Å²) < 4.78 is 5.19. The minimum atomic E-state index is -0.0509. The number of furan rings is 1. The van der Waals surface area contributed by atoms with Gasteiger partial charge in [-0.25, -0.2) is 0 Å². The van der Waals surface area contributed by atoms with Crippen LogP contribution in [0.1, 0.15) is 18.6 Å². The fourth-order valence-electron chi connectivity index (χ4n) is 1.09. The monoisotopic (exact) mass is 182 g/mol. The summed E-state index contributed by atoms with van der Waals surface area (Å²) in [7, 11) is 0. The molecule has 0 bridgehead atoms. The molecule has 1 atom stereocenters. The minimum Gasteiger partial charge on any atom is -0.469 e. The molecule has 0 radical (unpaired) electrons. The lowest BCUT2D eigenvalue weighted by Gasteiger charge is -2.11. The number of carbonyl (C=O) groups is 1. The van der Waals surface area contributed by atoms with Crippen LogP contribution in [0.4, 0.5) is 0 Å². The molecule has 0 aromatic carbocycles. The Bertz CT molecular complexity index is 257. The molecule has 0 saturated heterocycles. The highest BCUT2D eigenvalue weighted by atomic mass is 16.3. The van der Waals surface area contributed by atoms with Crippen LogP contribution in [0.3, 0.4) is 0 Å². The molecule has 1 rings (SSSR count). The lowest BCUT2D eigenvalue weighted by molar-refractivity contribution is -0.119. The first kappa shape index (κ1) is 9.80. The number of hydrogen-bond acceptors (Lipinski definition) is 3. The van der Waals surface area contributed by atoms with Crippen molar-refractivity contribution in [3.05, 3.63) is 24.2 Å². The van der Waals surface area contributed by atoms with Gasteiger partial charge in [-0.1, -0.05) is 0 Å². The molecule has 1 heterocycles. The van der Waals surface area contributed by atoms with Crippen molar-refractivity contribution in [3.63, 3.8) is 0 Å². The van der Waals surface area contributed by atoms with Crippen molar-refractivity contribution in [2.24, 2.45) is 5.73 Å². The third-order valence-corrected chi connectivity index (χ3v) is 1.83. The first-order valence-corrected chi connectivity index (χ1v) is 4.22. The van der Waals surface area contributed by atoms with Crippen LogP contribution >= 0.6 is 0 Å². The van der Waals surface area contributed by atoms with Gasteiger partial charge in [0.1, 0.15) is 5.76 Å². The zero-order valence-corrected chi connectivity index (χ0v) is 7.62. The van der Waals surface area contributed by atoms with Crippen molar-refractivity contribution in [2.75, 3.05) is 13.1 Å². The lowest BCUT2D eigenvalue weighted by atomic mass is 10.1. The maximum absolute atomic E-state index is 10.7. The Morgan fingerprint density at radius 2 is 2.54 bits per heavy atom. The third-order valence-electron chi connectivity index (χ3n) is 1.83. The lowest BCUT2D eigenvalue weighted by Crippen LogP contribution is -2.29. The highest BCUT2D eigenvalue weighted by Gasteiger charge is 2.12. The van der Waals surface area contributed by atoms with Crippen molar-refractivity contribution in [2.45, 2.75) is 12.8 Å². The predicted molar refractivity (Wildman–Crippen MR) is 49.2 cm³/mol. The average Bonchev–Trinajstić information content (AvgIpc) is 2.58. The zero-order chi connectivity index (χ0) is 9.68. The van der Waals surface area contributed by atoms with Crippen LogP contribution in [0.5, 0.6) is 0 Å². The molecule has 72 valence electrons. The van der Waals surface area contributed by atoms with Gasteiger partial charge in [0, 0.05) is 25.9 Å². The van der Waals surface area contributed by atoms with E-state index in [1.54, 1.807) is 6.26 Å². The standard InChI is InChI=1S/C9H14N2O2/c1-7(12)11-6-8(5-10)9-3-2-4-13-9/h2-4,8H,5-6,10H2,1H3,(H,11,12). The van der Waals surface area contributed by atoms with E-state index in [0.29, 0.717) is 13.1 Å². The van der Waals surface area contributed by atoms with Gasteiger partial charge in [-0.05, 0) is 12.1 Å². The summed E-state index contributed by atoms with van der Waals surface area (Å²) >= 11 is 0. The Kier molecular flexibility index (Phi) is 3.52. The molecule has 0 fully saturated rings. The van der Waals surface area contributed by atoms with Crippen LogP contribution in [-0.2, 0) is 4.79 Å². The molecule has 0 aliphatic carbocycles. The third kappa shape index (κ3) is 2.91. The normalized spacial score (nSPS) is 12.5. The van der Waals surface area contributed by atoms with Crippen LogP contribution in [0.25, 0.3) is 0 Å². The second kappa shape index (κ2) is 4.67. The van der Waals surface area contributed by atoms with Gasteiger partial charge >= 0.3 is 0 Å². The molecular formula is C9H14N2O2. The van der Waals surface area contributed by atoms with Gasteiger partial charge in [-0.3, -0.25) is 4.79 Å². The van der Waals surface area contributed by atoms with Gasteiger partial charge < -0.3 is 15.5 Å². The average molecular weight is 182 g/mol. The van der Waals surface area contributed by atoms with Crippen molar-refractivity contribution in [1.29, 1.82) is 0 Å². The molecule has 0 spiro atoms. The smallest absolute Gasteiger partial charge is 0.216 e. The van der Waals surface area contributed by atoms with E-state index in [1.807, 2.05) is 12.1 Å². The molecule has 3 N–H and O–H groups in total. The second-order valence-corrected chi connectivity index (χ2v) is 2.89. The number of rotatable bonds is 4. The van der Waals surface area contributed by atoms with Crippen molar-refractivity contribution < 1.29 is 9.21 Å². The molecule has 0 aliphatic heterocycles. The zero-order valence-electron chi connectivity index (χ0n) is 7.62. The van der Waals surface area contributed by atoms with E-state index in [4.69, 9.17) is 10.2 Å². The molecule has 1 aromatic heterocycles. The molecule has 4 heteroatoms. The summed E-state index contributed by atoms with van der Waals surface area (Å²) in [5.74, 6) is 0.833. The summed E-state index contributed by atoms with van der Waals surface area (Å²) in [6, 6.07) is 3.67. The van der Waals surface area contributed by atoms with E-state index in [-0.39, 0.29) is 11.8 Å². The number of carbonyl (C=O) groups excluding carboxylic acids is 1. The topological polar surface area (TPSA) is 68.3 Å². The Balaban J connectivity index is 2.49. The summed E-state index contributed by atoms with van der Waals surface area (Å²) in [6.45, 7) is 2.48. The Hall–Kier alpha value is -1.29. The van der Waals surface area contributed by atoms with Gasteiger partial charge in [0.15, 0.2) is 0 Å². The van der Waals surface area contributed by atoms with E-state index in [1.165, 1.54) is 6.92 Å². The van der Waals surface area contributed by atoms with E-state index in [9.17, 15) is 4.79 Å². The van der Waals surface area contributed by atoms with Gasteiger partial charge in [0.2, 0.25) is 5.91 Å². The number of nitrogens with two attached hydrogens (primary N) is 1. The van der Waals surface area contributed by atoms with Crippen LogP contribution in [0, 0.1) is 0 Å². The molecule has 13 heavy (non-hydrogen) atoms. The van der Waals surface area contributed by atoms with E-state index >= 15 is 0 Å². The quantitative estimate of drug-likeness (QED) is 0.710. The predicted octanol–water partition coefficient (Wildman–Crippen LogP) is 0.458. The molecule has 0 saturated carbocycles. The van der Waals surface area contributed by atoms with Crippen LogP contribution in [0.15, 0.2) is 22.8 Å². The molecule has 1 amide bonds. The van der Waals surface area contributed by atoms with E-state index in [2.05, 4.69) is 5.32 Å². The summed E-state index contributed by atoms with van der Waals surface area (Å²) in [4.78, 5) is 10.7. The van der Waals surface area contributed by atoms with Gasteiger partial charge in [-0.2, -0.15) is 0 Å². The number of nitrogens with one attached hydrogen (secondary N) is 1. The van der Waals surface area contributed by atoms with Crippen LogP contribution < -0.4 is 11.1 Å². The van der Waals surface area contributed by atoms with Crippen molar-refractivity contribution in [1.82, 2.24) is 5.32 Å². The van der Waals surface area contributed by atoms with Gasteiger partial charge in [0.25, 0.3) is 0 Å². The number of amides is 1. The molecule has 1 unspecified atom stereocenters. The highest BCUT2D eigenvalue weighted by Crippen LogP contribution is 2.13. The Labute approximate surface area is 77.1 Å². The fourth-order valence-corrected chi connectivity index (χ4v) is 1.09. The number of hydrogen-bond donors (Lipinski definition) is 2. The van der Waals surface area contributed by atoms with Crippen LogP contribution in [-0.4, -0.2) is 19.0 Å². The van der Waals surface area contributed by atoms with E-state index in [0.717, 1.165) is 5.76 Å². The Morgan fingerprint density at radius 3 is 3.00 bits per heavy atom. The maximum Gasteiger partial charge on any atom is 0.216 e. The SMILES string of the molecule is CC(=O)NCC(CN)c1ccco1.